The van der Waals surface area contributed by atoms with Crippen LogP contribution in [0.4, 0.5) is 0 Å². The van der Waals surface area contributed by atoms with Crippen molar-refractivity contribution in [3.8, 4) is 11.5 Å². The summed E-state index contributed by atoms with van der Waals surface area (Å²) < 4.78 is 12.4. The maximum absolute atomic E-state index is 12.3. The minimum Gasteiger partial charge on any atom is -0.493 e. The maximum Gasteiger partial charge on any atom is 0.251 e. The Morgan fingerprint density at radius 1 is 1.17 bits per heavy atom. The fraction of sp³-hybridized carbons (Fsp3) is 0.222. The molecule has 0 saturated heterocycles. The van der Waals surface area contributed by atoms with Gasteiger partial charge in [-0.3, -0.25) is 4.79 Å². The first-order valence-corrected chi connectivity index (χ1v) is 7.56. The van der Waals surface area contributed by atoms with Crippen molar-refractivity contribution in [1.82, 2.24) is 14.7 Å². The molecule has 6 nitrogen and oxygen atoms in total. The van der Waals surface area contributed by atoms with Crippen LogP contribution in [0.5, 0.6) is 11.5 Å². The van der Waals surface area contributed by atoms with Crippen molar-refractivity contribution < 1.29 is 14.3 Å². The number of rotatable bonds is 5. The molecule has 6 heteroatoms. The van der Waals surface area contributed by atoms with Crippen LogP contribution in [0.3, 0.4) is 0 Å². The zero-order chi connectivity index (χ0) is 17.1. The summed E-state index contributed by atoms with van der Waals surface area (Å²) in [5, 5.41) is 2.87. The number of ether oxygens (including phenoxy) is 2. The van der Waals surface area contributed by atoms with Crippen LogP contribution in [0.2, 0.25) is 0 Å². The van der Waals surface area contributed by atoms with Crippen LogP contribution in [-0.2, 0) is 6.54 Å². The molecular formula is C18H19N3O3. The summed E-state index contributed by atoms with van der Waals surface area (Å²) in [5.74, 6) is 0.920. The first kappa shape index (κ1) is 15.9. The molecule has 0 fully saturated rings. The third-order valence-electron chi connectivity index (χ3n) is 3.82. The Morgan fingerprint density at radius 2 is 1.96 bits per heavy atom. The van der Waals surface area contributed by atoms with E-state index < -0.39 is 0 Å². The molecule has 0 aliphatic heterocycles. The van der Waals surface area contributed by atoms with Gasteiger partial charge in [0.25, 0.3) is 5.91 Å². The van der Waals surface area contributed by atoms with E-state index in [1.165, 1.54) is 0 Å². The standard InChI is InChI=1S/C18H19N3O3/c1-12-5-4-6-17-20-14(11-21(12)17)10-19-18(22)13-7-8-15(23-2)16(9-13)24-3/h4-9,11H,10H2,1-3H3,(H,19,22). The Balaban J connectivity index is 1.73. The average molecular weight is 325 g/mol. The normalized spacial score (nSPS) is 10.6. The van der Waals surface area contributed by atoms with Crippen molar-refractivity contribution in [2.24, 2.45) is 0 Å². The molecule has 3 rings (SSSR count). The fourth-order valence-electron chi connectivity index (χ4n) is 2.53. The van der Waals surface area contributed by atoms with E-state index in [1.807, 2.05) is 35.7 Å². The lowest BCUT2D eigenvalue weighted by Gasteiger charge is -2.09. The van der Waals surface area contributed by atoms with Gasteiger partial charge in [-0.15, -0.1) is 0 Å². The number of aryl methyl sites for hydroxylation is 1. The second kappa shape index (κ2) is 6.62. The number of fused-ring (bicyclic) bond motifs is 1. The second-order valence-electron chi connectivity index (χ2n) is 5.38. The van der Waals surface area contributed by atoms with E-state index in [0.717, 1.165) is 17.0 Å². The number of hydrogen-bond acceptors (Lipinski definition) is 4. The summed E-state index contributed by atoms with van der Waals surface area (Å²) in [6.07, 6.45) is 1.93. The summed E-state index contributed by atoms with van der Waals surface area (Å²) in [5.41, 5.74) is 3.27. The van der Waals surface area contributed by atoms with Crippen molar-refractivity contribution in [3.63, 3.8) is 0 Å². The van der Waals surface area contributed by atoms with Gasteiger partial charge >= 0.3 is 0 Å². The molecule has 0 spiro atoms. The van der Waals surface area contributed by atoms with E-state index >= 15 is 0 Å². The average Bonchev–Trinajstić information content (AvgIpc) is 3.03. The number of methoxy groups -OCH3 is 2. The molecule has 0 aliphatic rings. The van der Waals surface area contributed by atoms with Gasteiger partial charge in [0.05, 0.1) is 26.5 Å². The fourth-order valence-corrected chi connectivity index (χ4v) is 2.53. The lowest BCUT2D eigenvalue weighted by molar-refractivity contribution is 0.0950. The number of hydrogen-bond donors (Lipinski definition) is 1. The van der Waals surface area contributed by atoms with Gasteiger partial charge in [-0.25, -0.2) is 4.98 Å². The Kier molecular flexibility index (Phi) is 4.37. The molecule has 1 N–H and O–H groups in total. The van der Waals surface area contributed by atoms with E-state index in [9.17, 15) is 4.79 Å². The monoisotopic (exact) mass is 325 g/mol. The van der Waals surface area contributed by atoms with Crippen molar-refractivity contribution in [3.05, 3.63) is 59.5 Å². The summed E-state index contributed by atoms with van der Waals surface area (Å²) in [7, 11) is 3.10. The van der Waals surface area contributed by atoms with E-state index in [-0.39, 0.29) is 5.91 Å². The molecule has 0 saturated carbocycles. The molecule has 3 aromatic rings. The highest BCUT2D eigenvalue weighted by molar-refractivity contribution is 5.94. The lowest BCUT2D eigenvalue weighted by Crippen LogP contribution is -2.23. The summed E-state index contributed by atoms with van der Waals surface area (Å²) in [4.78, 5) is 16.8. The van der Waals surface area contributed by atoms with Crippen LogP contribution in [-0.4, -0.2) is 29.5 Å². The van der Waals surface area contributed by atoms with E-state index in [4.69, 9.17) is 9.47 Å². The van der Waals surface area contributed by atoms with Gasteiger partial charge in [-0.2, -0.15) is 0 Å². The highest BCUT2D eigenvalue weighted by atomic mass is 16.5. The zero-order valence-corrected chi connectivity index (χ0v) is 13.9. The summed E-state index contributed by atoms with van der Waals surface area (Å²) >= 11 is 0. The number of nitrogens with zero attached hydrogens (tertiary/aromatic N) is 2. The molecular weight excluding hydrogens is 306 g/mol. The molecule has 2 aromatic heterocycles. The Hall–Kier alpha value is -3.02. The number of carbonyl (C=O) groups excluding carboxylic acids is 1. The molecule has 24 heavy (non-hydrogen) atoms. The quantitative estimate of drug-likeness (QED) is 0.783. The third-order valence-corrected chi connectivity index (χ3v) is 3.82. The van der Waals surface area contributed by atoms with Crippen LogP contribution in [0.1, 0.15) is 21.7 Å². The van der Waals surface area contributed by atoms with Crippen LogP contribution in [0.25, 0.3) is 5.65 Å². The summed E-state index contributed by atoms with van der Waals surface area (Å²) in [6, 6.07) is 11.0. The largest absolute Gasteiger partial charge is 0.493 e. The first-order valence-electron chi connectivity index (χ1n) is 7.56. The molecule has 124 valence electrons. The second-order valence-corrected chi connectivity index (χ2v) is 5.38. The number of carbonyl (C=O) groups is 1. The van der Waals surface area contributed by atoms with E-state index in [0.29, 0.717) is 23.6 Å². The molecule has 0 unspecified atom stereocenters. The van der Waals surface area contributed by atoms with Crippen molar-refractivity contribution in [1.29, 1.82) is 0 Å². The molecule has 0 aliphatic carbocycles. The number of nitrogens with one attached hydrogen (secondary N) is 1. The predicted octanol–water partition coefficient (Wildman–Crippen LogP) is 2.59. The molecule has 1 aromatic carbocycles. The third kappa shape index (κ3) is 3.03. The Labute approximate surface area is 140 Å². The number of aromatic nitrogens is 2. The van der Waals surface area contributed by atoms with Crippen molar-refractivity contribution >= 4 is 11.6 Å². The van der Waals surface area contributed by atoms with Crippen molar-refractivity contribution in [2.45, 2.75) is 13.5 Å². The van der Waals surface area contributed by atoms with Crippen LogP contribution >= 0.6 is 0 Å². The maximum atomic E-state index is 12.3. The first-order chi connectivity index (χ1) is 11.6. The SMILES string of the molecule is COc1ccc(C(=O)NCc2cn3c(C)cccc3n2)cc1OC. The Bertz CT molecular complexity index is 886. The van der Waals surface area contributed by atoms with Crippen molar-refractivity contribution in [2.75, 3.05) is 14.2 Å². The van der Waals surface area contributed by atoms with Gasteiger partial charge in [-0.05, 0) is 37.3 Å². The highest BCUT2D eigenvalue weighted by Crippen LogP contribution is 2.27. The number of pyridine rings is 1. The van der Waals surface area contributed by atoms with Gasteiger partial charge in [0.2, 0.25) is 0 Å². The van der Waals surface area contributed by atoms with Crippen LogP contribution < -0.4 is 14.8 Å². The molecule has 1 amide bonds. The van der Waals surface area contributed by atoms with Crippen LogP contribution in [0, 0.1) is 6.92 Å². The van der Waals surface area contributed by atoms with Gasteiger partial charge in [0.1, 0.15) is 5.65 Å². The highest BCUT2D eigenvalue weighted by Gasteiger charge is 2.11. The number of benzene rings is 1. The molecule has 0 radical (unpaired) electrons. The number of imidazole rings is 1. The number of amides is 1. The topological polar surface area (TPSA) is 64.9 Å². The van der Waals surface area contributed by atoms with Crippen LogP contribution in [0.15, 0.2) is 42.6 Å². The smallest absolute Gasteiger partial charge is 0.251 e. The van der Waals surface area contributed by atoms with Gasteiger partial charge in [0, 0.05) is 17.5 Å². The van der Waals surface area contributed by atoms with E-state index in [2.05, 4.69) is 10.3 Å². The molecule has 0 atom stereocenters. The molecule has 0 bridgehead atoms. The van der Waals surface area contributed by atoms with Gasteiger partial charge in [-0.1, -0.05) is 6.07 Å². The zero-order valence-electron chi connectivity index (χ0n) is 13.9. The minimum atomic E-state index is -0.190. The minimum absolute atomic E-state index is 0.190. The van der Waals surface area contributed by atoms with Gasteiger partial charge in [0.15, 0.2) is 11.5 Å². The summed E-state index contributed by atoms with van der Waals surface area (Å²) in [6.45, 7) is 2.37. The Morgan fingerprint density at radius 3 is 2.67 bits per heavy atom. The molecule has 2 heterocycles. The van der Waals surface area contributed by atoms with Gasteiger partial charge < -0.3 is 19.2 Å². The predicted molar refractivity (Wildman–Crippen MR) is 90.6 cm³/mol. The van der Waals surface area contributed by atoms with E-state index in [1.54, 1.807) is 32.4 Å². The lowest BCUT2D eigenvalue weighted by atomic mass is 10.2.